The number of amides is 2. The van der Waals surface area contributed by atoms with E-state index in [1.165, 1.54) is 17.7 Å². The molecule has 0 aromatic carbocycles. The van der Waals surface area contributed by atoms with Gasteiger partial charge in [-0.05, 0) is 25.2 Å². The molecule has 124 valence electrons. The van der Waals surface area contributed by atoms with Gasteiger partial charge in [0, 0.05) is 33.0 Å². The summed E-state index contributed by atoms with van der Waals surface area (Å²) < 4.78 is 11.5. The van der Waals surface area contributed by atoms with Crippen LogP contribution in [0, 0.1) is 11.8 Å². The number of hydrogen-bond acceptors (Lipinski definition) is 4. The Bertz CT molecular complexity index is 441. The van der Waals surface area contributed by atoms with E-state index in [1.807, 2.05) is 4.90 Å². The van der Waals surface area contributed by atoms with E-state index in [1.54, 1.807) is 14.1 Å². The van der Waals surface area contributed by atoms with Crippen molar-refractivity contribution in [2.45, 2.75) is 31.3 Å². The Morgan fingerprint density at radius 1 is 1.27 bits per heavy atom. The SMILES string of the molecule is CN(C)C(=O)COC[C@H]1CCOC12CN(C(=O)CC1CC1)C2. The van der Waals surface area contributed by atoms with Crippen LogP contribution in [0.4, 0.5) is 0 Å². The lowest BCUT2D eigenvalue weighted by atomic mass is 9.81. The third-order valence-corrected chi connectivity index (χ3v) is 5.07. The molecule has 3 fully saturated rings. The molecule has 2 amide bonds. The van der Waals surface area contributed by atoms with Crippen LogP contribution < -0.4 is 0 Å². The molecule has 1 aliphatic carbocycles. The van der Waals surface area contributed by atoms with E-state index in [0.29, 0.717) is 32.0 Å². The van der Waals surface area contributed by atoms with Gasteiger partial charge in [-0.2, -0.15) is 0 Å². The van der Waals surface area contributed by atoms with E-state index >= 15 is 0 Å². The van der Waals surface area contributed by atoms with E-state index in [4.69, 9.17) is 9.47 Å². The number of carbonyl (C=O) groups excluding carboxylic acids is 2. The molecule has 1 saturated carbocycles. The number of rotatable bonds is 6. The van der Waals surface area contributed by atoms with Crippen LogP contribution in [0.25, 0.3) is 0 Å². The Balaban J connectivity index is 1.43. The molecular formula is C16H26N2O4. The largest absolute Gasteiger partial charge is 0.371 e. The Kier molecular flexibility index (Phi) is 4.41. The summed E-state index contributed by atoms with van der Waals surface area (Å²) in [7, 11) is 3.45. The van der Waals surface area contributed by atoms with Crippen LogP contribution in [-0.2, 0) is 19.1 Å². The minimum Gasteiger partial charge on any atom is -0.371 e. The predicted molar refractivity (Wildman–Crippen MR) is 80.2 cm³/mol. The van der Waals surface area contributed by atoms with E-state index < -0.39 is 0 Å². The molecule has 0 radical (unpaired) electrons. The third kappa shape index (κ3) is 3.27. The third-order valence-electron chi connectivity index (χ3n) is 5.07. The number of ether oxygens (including phenoxy) is 2. The summed E-state index contributed by atoms with van der Waals surface area (Å²) in [6.07, 6.45) is 4.06. The molecule has 2 aliphatic heterocycles. The molecule has 6 heteroatoms. The smallest absolute Gasteiger partial charge is 0.248 e. The monoisotopic (exact) mass is 310 g/mol. The maximum absolute atomic E-state index is 12.1. The second-order valence-corrected chi connectivity index (χ2v) is 7.10. The molecule has 6 nitrogen and oxygen atoms in total. The summed E-state index contributed by atoms with van der Waals surface area (Å²) in [6.45, 7) is 2.75. The fourth-order valence-corrected chi connectivity index (χ4v) is 3.26. The zero-order valence-electron chi connectivity index (χ0n) is 13.5. The van der Waals surface area contributed by atoms with Crippen molar-refractivity contribution in [2.75, 3.05) is 47.0 Å². The Labute approximate surface area is 131 Å². The highest BCUT2D eigenvalue weighted by molar-refractivity contribution is 5.78. The number of likely N-dealkylation sites (N-methyl/N-ethyl adjacent to an activating group) is 1. The quantitative estimate of drug-likeness (QED) is 0.717. The lowest BCUT2D eigenvalue weighted by Crippen LogP contribution is -2.66. The highest BCUT2D eigenvalue weighted by Gasteiger charge is 2.54. The van der Waals surface area contributed by atoms with Gasteiger partial charge in [0.25, 0.3) is 0 Å². The molecule has 0 bridgehead atoms. The Morgan fingerprint density at radius 3 is 2.64 bits per heavy atom. The molecule has 1 atom stereocenters. The summed E-state index contributed by atoms with van der Waals surface area (Å²) in [5, 5.41) is 0. The van der Waals surface area contributed by atoms with E-state index in [2.05, 4.69) is 0 Å². The molecule has 3 aliphatic rings. The molecule has 2 heterocycles. The Hall–Kier alpha value is -1.14. The number of hydrogen-bond donors (Lipinski definition) is 0. The first-order chi connectivity index (χ1) is 10.5. The van der Waals surface area contributed by atoms with Crippen LogP contribution in [0.1, 0.15) is 25.7 Å². The minimum atomic E-state index is -0.222. The molecular weight excluding hydrogens is 284 g/mol. The lowest BCUT2D eigenvalue weighted by molar-refractivity contribution is -0.169. The standard InChI is InChI=1S/C16H26N2O4/c1-17(2)15(20)9-21-8-13-5-6-22-16(13)10-18(11-16)14(19)7-12-3-4-12/h12-13H,3-11H2,1-2H3/t13-/m1/s1. The van der Waals surface area contributed by atoms with Crippen LogP contribution in [0.3, 0.4) is 0 Å². The van der Waals surface area contributed by atoms with Crippen molar-refractivity contribution < 1.29 is 19.1 Å². The first kappa shape index (κ1) is 15.7. The fraction of sp³-hybridized carbons (Fsp3) is 0.875. The van der Waals surface area contributed by atoms with Crippen molar-refractivity contribution in [2.24, 2.45) is 11.8 Å². The first-order valence-electron chi connectivity index (χ1n) is 8.20. The zero-order chi connectivity index (χ0) is 15.7. The maximum atomic E-state index is 12.1. The van der Waals surface area contributed by atoms with Crippen LogP contribution in [-0.4, -0.2) is 74.2 Å². The van der Waals surface area contributed by atoms with Gasteiger partial charge in [0.05, 0.1) is 19.7 Å². The van der Waals surface area contributed by atoms with Crippen LogP contribution in [0.15, 0.2) is 0 Å². The van der Waals surface area contributed by atoms with E-state index in [-0.39, 0.29) is 29.9 Å². The molecule has 22 heavy (non-hydrogen) atoms. The van der Waals surface area contributed by atoms with Gasteiger partial charge in [0.15, 0.2) is 0 Å². The number of likely N-dealkylation sites (tertiary alicyclic amines) is 1. The second-order valence-electron chi connectivity index (χ2n) is 7.10. The summed E-state index contributed by atoms with van der Waals surface area (Å²) in [5.74, 6) is 1.16. The number of carbonyl (C=O) groups is 2. The van der Waals surface area contributed by atoms with Gasteiger partial charge in [0.1, 0.15) is 12.2 Å². The van der Waals surface area contributed by atoms with Crippen LogP contribution >= 0.6 is 0 Å². The number of nitrogens with zero attached hydrogens (tertiary/aromatic N) is 2. The molecule has 2 saturated heterocycles. The molecule has 1 spiro atoms. The van der Waals surface area contributed by atoms with Gasteiger partial charge in [-0.1, -0.05) is 0 Å². The highest BCUT2D eigenvalue weighted by Crippen LogP contribution is 2.41. The van der Waals surface area contributed by atoms with Crippen molar-refractivity contribution in [1.82, 2.24) is 9.80 Å². The second kappa shape index (κ2) is 6.16. The van der Waals surface area contributed by atoms with Crippen LogP contribution in [0.5, 0.6) is 0 Å². The van der Waals surface area contributed by atoms with Crippen molar-refractivity contribution in [3.63, 3.8) is 0 Å². The first-order valence-corrected chi connectivity index (χ1v) is 8.20. The summed E-state index contributed by atoms with van der Waals surface area (Å²) >= 11 is 0. The molecule has 3 rings (SSSR count). The average molecular weight is 310 g/mol. The normalized spacial score (nSPS) is 26.1. The highest BCUT2D eigenvalue weighted by atomic mass is 16.5. The topological polar surface area (TPSA) is 59.1 Å². The lowest BCUT2D eigenvalue weighted by Gasteiger charge is -2.50. The zero-order valence-corrected chi connectivity index (χ0v) is 13.5. The van der Waals surface area contributed by atoms with Crippen molar-refractivity contribution in [3.05, 3.63) is 0 Å². The van der Waals surface area contributed by atoms with Crippen molar-refractivity contribution in [1.29, 1.82) is 0 Å². The predicted octanol–water partition coefficient (Wildman–Crippen LogP) is 0.509. The van der Waals surface area contributed by atoms with Gasteiger partial charge >= 0.3 is 0 Å². The summed E-state index contributed by atoms with van der Waals surface area (Å²) in [5.41, 5.74) is -0.222. The maximum Gasteiger partial charge on any atom is 0.248 e. The van der Waals surface area contributed by atoms with E-state index in [9.17, 15) is 9.59 Å². The summed E-state index contributed by atoms with van der Waals surface area (Å²) in [4.78, 5) is 27.1. The van der Waals surface area contributed by atoms with Gasteiger partial charge in [-0.15, -0.1) is 0 Å². The van der Waals surface area contributed by atoms with Crippen LogP contribution in [0.2, 0.25) is 0 Å². The fourth-order valence-electron chi connectivity index (χ4n) is 3.26. The van der Waals surface area contributed by atoms with E-state index in [0.717, 1.165) is 13.0 Å². The van der Waals surface area contributed by atoms with Gasteiger partial charge < -0.3 is 19.3 Å². The van der Waals surface area contributed by atoms with Gasteiger partial charge in [-0.3, -0.25) is 9.59 Å². The van der Waals surface area contributed by atoms with Crippen molar-refractivity contribution >= 4 is 11.8 Å². The average Bonchev–Trinajstić information content (AvgIpc) is 3.13. The van der Waals surface area contributed by atoms with Crippen molar-refractivity contribution in [3.8, 4) is 0 Å². The summed E-state index contributed by atoms with van der Waals surface area (Å²) in [6, 6.07) is 0. The molecule has 0 aromatic heterocycles. The van der Waals surface area contributed by atoms with Gasteiger partial charge in [0.2, 0.25) is 11.8 Å². The van der Waals surface area contributed by atoms with Gasteiger partial charge in [-0.25, -0.2) is 0 Å². The molecule has 0 unspecified atom stereocenters. The Morgan fingerprint density at radius 2 is 2.00 bits per heavy atom. The molecule has 0 N–H and O–H groups in total. The minimum absolute atomic E-state index is 0.0252. The molecule has 0 aromatic rings.